The molecule has 0 bridgehead atoms. The molecule has 1 aromatic rings. The summed E-state index contributed by atoms with van der Waals surface area (Å²) in [6.45, 7) is 2.69. The van der Waals surface area contributed by atoms with E-state index in [1.54, 1.807) is 4.90 Å². The van der Waals surface area contributed by atoms with Gasteiger partial charge in [-0.15, -0.1) is 0 Å². The van der Waals surface area contributed by atoms with Crippen LogP contribution in [-0.4, -0.2) is 39.1 Å². The van der Waals surface area contributed by atoms with Gasteiger partial charge in [-0.25, -0.2) is 4.39 Å². The van der Waals surface area contributed by atoms with E-state index in [4.69, 9.17) is 4.55 Å². The van der Waals surface area contributed by atoms with Crippen molar-refractivity contribution < 1.29 is 17.4 Å². The smallest absolute Gasteiger partial charge is 0.296 e. The lowest BCUT2D eigenvalue weighted by atomic mass is 10.2. The molecule has 0 atom stereocenters. The molecule has 1 fully saturated rings. The molecule has 0 spiro atoms. The van der Waals surface area contributed by atoms with Crippen molar-refractivity contribution in [2.75, 3.05) is 31.1 Å². The lowest BCUT2D eigenvalue weighted by Gasteiger charge is -2.30. The fourth-order valence-corrected chi connectivity index (χ4v) is 2.58. The van der Waals surface area contributed by atoms with E-state index in [2.05, 4.69) is 5.32 Å². The Hall–Kier alpha value is -1.18. The average molecular weight is 260 g/mol. The third kappa shape index (κ3) is 2.74. The predicted molar refractivity (Wildman–Crippen MR) is 61.3 cm³/mol. The summed E-state index contributed by atoms with van der Waals surface area (Å²) >= 11 is 0. The topological polar surface area (TPSA) is 69.6 Å². The maximum atomic E-state index is 13.0. The predicted octanol–water partition coefficient (Wildman–Crippen LogP) is 0.482. The Bertz CT molecular complexity index is 512. The molecule has 0 amide bonds. The summed E-state index contributed by atoms with van der Waals surface area (Å²) in [6.07, 6.45) is 0. The number of halogens is 1. The Kier molecular flexibility index (Phi) is 3.32. The van der Waals surface area contributed by atoms with E-state index in [0.29, 0.717) is 18.8 Å². The van der Waals surface area contributed by atoms with Crippen molar-refractivity contribution in [1.82, 2.24) is 5.32 Å². The molecule has 0 unspecified atom stereocenters. The second-order valence-electron chi connectivity index (χ2n) is 3.82. The molecule has 94 valence electrons. The first kappa shape index (κ1) is 12.3. The molecule has 1 aromatic carbocycles. The van der Waals surface area contributed by atoms with Crippen molar-refractivity contribution >= 4 is 15.8 Å². The van der Waals surface area contributed by atoms with E-state index in [9.17, 15) is 12.8 Å². The van der Waals surface area contributed by atoms with Gasteiger partial charge in [0.25, 0.3) is 10.1 Å². The van der Waals surface area contributed by atoms with Crippen LogP contribution >= 0.6 is 0 Å². The number of rotatable bonds is 2. The molecule has 2 rings (SSSR count). The normalized spacial score (nSPS) is 17.2. The van der Waals surface area contributed by atoms with Crippen LogP contribution in [0.1, 0.15) is 0 Å². The number of hydrogen-bond donors (Lipinski definition) is 2. The SMILES string of the molecule is O=S(=O)(O)c1cc(F)ccc1N1CCNCC1. The summed E-state index contributed by atoms with van der Waals surface area (Å²) in [7, 11) is -4.41. The summed E-state index contributed by atoms with van der Waals surface area (Å²) < 4.78 is 44.5. The van der Waals surface area contributed by atoms with Crippen LogP contribution in [0.15, 0.2) is 23.1 Å². The Morgan fingerprint density at radius 3 is 2.53 bits per heavy atom. The molecule has 0 radical (unpaired) electrons. The summed E-state index contributed by atoms with van der Waals surface area (Å²) in [4.78, 5) is 1.43. The standard InChI is InChI=1S/C10H13FN2O3S/c11-8-1-2-9(10(7-8)17(14,15)16)13-5-3-12-4-6-13/h1-2,7,12H,3-6H2,(H,14,15,16). The maximum absolute atomic E-state index is 13.0. The van der Waals surface area contributed by atoms with E-state index in [-0.39, 0.29) is 4.90 Å². The molecule has 2 N–H and O–H groups in total. The quantitative estimate of drug-likeness (QED) is 0.757. The van der Waals surface area contributed by atoms with Gasteiger partial charge < -0.3 is 10.2 Å². The second-order valence-corrected chi connectivity index (χ2v) is 5.21. The minimum atomic E-state index is -4.41. The maximum Gasteiger partial charge on any atom is 0.296 e. The van der Waals surface area contributed by atoms with E-state index >= 15 is 0 Å². The Morgan fingerprint density at radius 2 is 1.94 bits per heavy atom. The van der Waals surface area contributed by atoms with Gasteiger partial charge in [-0.1, -0.05) is 0 Å². The number of anilines is 1. The monoisotopic (exact) mass is 260 g/mol. The lowest BCUT2D eigenvalue weighted by Crippen LogP contribution is -2.44. The zero-order valence-corrected chi connectivity index (χ0v) is 9.87. The highest BCUT2D eigenvalue weighted by atomic mass is 32.2. The first-order valence-corrected chi connectivity index (χ1v) is 6.65. The van der Waals surface area contributed by atoms with Crippen LogP contribution in [-0.2, 0) is 10.1 Å². The van der Waals surface area contributed by atoms with Gasteiger partial charge in [0.05, 0.1) is 5.69 Å². The molecule has 0 aliphatic carbocycles. The first-order valence-electron chi connectivity index (χ1n) is 5.21. The van der Waals surface area contributed by atoms with Crippen molar-refractivity contribution in [1.29, 1.82) is 0 Å². The highest BCUT2D eigenvalue weighted by Crippen LogP contribution is 2.26. The number of hydrogen-bond acceptors (Lipinski definition) is 4. The number of nitrogens with one attached hydrogen (secondary N) is 1. The molecule has 17 heavy (non-hydrogen) atoms. The van der Waals surface area contributed by atoms with E-state index < -0.39 is 15.9 Å². The van der Waals surface area contributed by atoms with Gasteiger partial charge in [0, 0.05) is 26.2 Å². The molecular weight excluding hydrogens is 247 g/mol. The number of nitrogens with zero attached hydrogens (tertiary/aromatic N) is 1. The molecule has 1 saturated heterocycles. The highest BCUT2D eigenvalue weighted by molar-refractivity contribution is 7.86. The zero-order chi connectivity index (χ0) is 12.5. The minimum Gasteiger partial charge on any atom is -0.368 e. The van der Waals surface area contributed by atoms with Gasteiger partial charge in [-0.3, -0.25) is 4.55 Å². The highest BCUT2D eigenvalue weighted by Gasteiger charge is 2.21. The van der Waals surface area contributed by atoms with Gasteiger partial charge in [0.2, 0.25) is 0 Å². The molecule has 0 saturated carbocycles. The van der Waals surface area contributed by atoms with Gasteiger partial charge in [-0.05, 0) is 18.2 Å². The van der Waals surface area contributed by atoms with E-state index in [1.807, 2.05) is 0 Å². The van der Waals surface area contributed by atoms with Crippen molar-refractivity contribution in [3.63, 3.8) is 0 Å². The fourth-order valence-electron chi connectivity index (χ4n) is 1.86. The Balaban J connectivity index is 2.45. The molecule has 1 heterocycles. The van der Waals surface area contributed by atoms with Crippen LogP contribution in [0.25, 0.3) is 0 Å². The molecule has 0 aromatic heterocycles. The Morgan fingerprint density at radius 1 is 1.29 bits per heavy atom. The van der Waals surface area contributed by atoms with Crippen LogP contribution in [0.3, 0.4) is 0 Å². The van der Waals surface area contributed by atoms with Crippen molar-refractivity contribution in [3.05, 3.63) is 24.0 Å². The number of piperazine rings is 1. The molecule has 1 aliphatic rings. The molecule has 1 aliphatic heterocycles. The summed E-state index contributed by atoms with van der Waals surface area (Å²) in [5, 5.41) is 3.13. The molecular formula is C10H13FN2O3S. The first-order chi connectivity index (χ1) is 7.98. The third-order valence-electron chi connectivity index (χ3n) is 2.66. The van der Waals surface area contributed by atoms with Gasteiger partial charge in [0.1, 0.15) is 10.7 Å². The second kappa shape index (κ2) is 4.59. The van der Waals surface area contributed by atoms with Crippen LogP contribution in [0.2, 0.25) is 0 Å². The van der Waals surface area contributed by atoms with E-state index in [1.165, 1.54) is 12.1 Å². The zero-order valence-electron chi connectivity index (χ0n) is 9.06. The van der Waals surface area contributed by atoms with Crippen LogP contribution in [0.4, 0.5) is 10.1 Å². The third-order valence-corrected chi connectivity index (χ3v) is 3.54. The van der Waals surface area contributed by atoms with Crippen LogP contribution in [0, 0.1) is 5.82 Å². The minimum absolute atomic E-state index is 0.343. The van der Waals surface area contributed by atoms with Gasteiger partial charge in [0.15, 0.2) is 0 Å². The van der Waals surface area contributed by atoms with Crippen molar-refractivity contribution in [3.8, 4) is 0 Å². The van der Waals surface area contributed by atoms with Gasteiger partial charge >= 0.3 is 0 Å². The molecule has 5 nitrogen and oxygen atoms in total. The summed E-state index contributed by atoms with van der Waals surface area (Å²) in [5.74, 6) is -0.684. The average Bonchev–Trinajstić information content (AvgIpc) is 2.29. The molecule has 7 heteroatoms. The fraction of sp³-hybridized carbons (Fsp3) is 0.400. The van der Waals surface area contributed by atoms with Crippen LogP contribution in [0.5, 0.6) is 0 Å². The van der Waals surface area contributed by atoms with Gasteiger partial charge in [-0.2, -0.15) is 8.42 Å². The largest absolute Gasteiger partial charge is 0.368 e. The van der Waals surface area contributed by atoms with Crippen molar-refractivity contribution in [2.45, 2.75) is 4.90 Å². The number of benzene rings is 1. The van der Waals surface area contributed by atoms with Crippen molar-refractivity contribution in [2.24, 2.45) is 0 Å². The Labute approximate surface area is 99.0 Å². The van der Waals surface area contributed by atoms with E-state index in [0.717, 1.165) is 19.2 Å². The van der Waals surface area contributed by atoms with Crippen LogP contribution < -0.4 is 10.2 Å². The summed E-state index contributed by atoms with van der Waals surface area (Å²) in [6, 6.07) is 3.41. The summed E-state index contributed by atoms with van der Waals surface area (Å²) in [5.41, 5.74) is 0.343. The lowest BCUT2D eigenvalue weighted by molar-refractivity contribution is 0.481.